The molecule has 3 aliphatic rings. The number of imidazole rings is 1. The van der Waals surface area contributed by atoms with Crippen LogP contribution in [0.4, 0.5) is 11.8 Å². The number of hydrogen-bond donors (Lipinski definition) is 3. The van der Waals surface area contributed by atoms with Gasteiger partial charge in [-0.3, -0.25) is 0 Å². The first kappa shape index (κ1) is 21.9. The fraction of sp³-hybridized carbons (Fsp3) is 0.792. The summed E-state index contributed by atoms with van der Waals surface area (Å²) in [5, 5.41) is 13.9. The Labute approximate surface area is 191 Å². The first-order valence-electron chi connectivity index (χ1n) is 12.8. The van der Waals surface area contributed by atoms with Crippen molar-refractivity contribution in [1.29, 1.82) is 0 Å². The van der Waals surface area contributed by atoms with Crippen LogP contribution in [0.5, 0.6) is 0 Å². The minimum absolute atomic E-state index is 0.0450. The lowest BCUT2D eigenvalue weighted by Crippen LogP contribution is -2.34. The Bertz CT molecular complexity index is 880. The van der Waals surface area contributed by atoms with Gasteiger partial charge in [0.05, 0.1) is 6.33 Å². The average molecular weight is 442 g/mol. The lowest BCUT2D eigenvalue weighted by Gasteiger charge is -2.30. The molecule has 3 aliphatic carbocycles. The molecule has 0 bridgehead atoms. The fourth-order valence-corrected chi connectivity index (χ4v) is 5.97. The molecule has 8 heteroatoms. The number of anilines is 2. The van der Waals surface area contributed by atoms with E-state index in [1.165, 1.54) is 57.8 Å². The van der Waals surface area contributed by atoms with Crippen LogP contribution >= 0.6 is 0 Å². The van der Waals surface area contributed by atoms with Gasteiger partial charge in [0.15, 0.2) is 17.0 Å². The Kier molecular flexibility index (Phi) is 6.78. The van der Waals surface area contributed by atoms with Gasteiger partial charge in [0, 0.05) is 24.7 Å². The standard InChI is InChI=1S/C24H39N7O/c25-18-10-12-19(13-11-18)27-24-28-22(30(16-32)14-17-6-2-1-3-7-17)21-23(29-24)31(15-26-21)20-8-4-5-9-20/h15,17-20,32H,1-14,16,25H2,(H,27,28,29). The van der Waals surface area contributed by atoms with Gasteiger partial charge in [-0.2, -0.15) is 9.97 Å². The van der Waals surface area contributed by atoms with E-state index in [9.17, 15) is 5.11 Å². The van der Waals surface area contributed by atoms with Crippen molar-refractivity contribution < 1.29 is 5.11 Å². The zero-order valence-corrected chi connectivity index (χ0v) is 19.3. The van der Waals surface area contributed by atoms with Crippen LogP contribution in [0.25, 0.3) is 11.2 Å². The molecule has 0 spiro atoms. The summed E-state index contributed by atoms with van der Waals surface area (Å²) >= 11 is 0. The second kappa shape index (κ2) is 9.91. The summed E-state index contributed by atoms with van der Waals surface area (Å²) in [6.07, 6.45) is 17.4. The van der Waals surface area contributed by atoms with Crippen LogP contribution in [0.1, 0.15) is 89.5 Å². The van der Waals surface area contributed by atoms with E-state index >= 15 is 0 Å². The highest BCUT2D eigenvalue weighted by Gasteiger charge is 2.26. The molecule has 0 unspecified atom stereocenters. The highest BCUT2D eigenvalue weighted by atomic mass is 16.3. The van der Waals surface area contributed by atoms with Crippen LogP contribution in [-0.4, -0.2) is 50.0 Å². The van der Waals surface area contributed by atoms with E-state index in [1.807, 2.05) is 11.2 Å². The number of rotatable bonds is 7. The lowest BCUT2D eigenvalue weighted by molar-refractivity contribution is 0.268. The molecule has 2 aromatic heterocycles. The maximum atomic E-state index is 10.3. The molecule has 0 saturated heterocycles. The van der Waals surface area contributed by atoms with Crippen molar-refractivity contribution in [2.75, 3.05) is 23.5 Å². The van der Waals surface area contributed by atoms with Crippen molar-refractivity contribution in [2.45, 2.75) is 102 Å². The molecule has 2 heterocycles. The summed E-state index contributed by atoms with van der Waals surface area (Å²) in [6.45, 7) is 0.785. The second-order valence-corrected chi connectivity index (χ2v) is 10.3. The summed E-state index contributed by atoms with van der Waals surface area (Å²) in [6, 6.07) is 1.13. The molecule has 8 nitrogen and oxygen atoms in total. The maximum absolute atomic E-state index is 10.3. The first-order chi connectivity index (χ1) is 15.7. The van der Waals surface area contributed by atoms with E-state index in [0.717, 1.165) is 49.2 Å². The quantitative estimate of drug-likeness (QED) is 0.559. The van der Waals surface area contributed by atoms with Crippen LogP contribution in [0, 0.1) is 5.92 Å². The monoisotopic (exact) mass is 441 g/mol. The Morgan fingerprint density at radius 1 is 0.969 bits per heavy atom. The van der Waals surface area contributed by atoms with Crippen molar-refractivity contribution in [3.8, 4) is 0 Å². The number of aliphatic hydroxyl groups excluding tert-OH is 1. The predicted octanol–water partition coefficient (Wildman–Crippen LogP) is 3.96. The highest BCUT2D eigenvalue weighted by Crippen LogP contribution is 2.35. The maximum Gasteiger partial charge on any atom is 0.227 e. The normalized spacial score (nSPS) is 25.4. The number of hydrogen-bond acceptors (Lipinski definition) is 7. The molecule has 0 aliphatic heterocycles. The van der Waals surface area contributed by atoms with Crippen LogP contribution < -0.4 is 16.0 Å². The third kappa shape index (κ3) is 4.71. The fourth-order valence-electron chi connectivity index (χ4n) is 5.97. The first-order valence-corrected chi connectivity index (χ1v) is 12.8. The van der Waals surface area contributed by atoms with E-state index in [2.05, 4.69) is 9.88 Å². The van der Waals surface area contributed by atoms with Crippen LogP contribution in [-0.2, 0) is 0 Å². The van der Waals surface area contributed by atoms with Gasteiger partial charge in [-0.25, -0.2) is 4.98 Å². The molecule has 0 aromatic carbocycles. The smallest absolute Gasteiger partial charge is 0.227 e. The van der Waals surface area contributed by atoms with Gasteiger partial charge in [-0.15, -0.1) is 0 Å². The molecule has 0 radical (unpaired) electrons. The molecule has 5 rings (SSSR count). The number of aromatic nitrogens is 4. The molecule has 2 aromatic rings. The minimum Gasteiger partial charge on any atom is -0.376 e. The van der Waals surface area contributed by atoms with Gasteiger partial charge in [-0.05, 0) is 57.3 Å². The van der Waals surface area contributed by atoms with Crippen LogP contribution in [0.15, 0.2) is 6.33 Å². The molecule has 0 amide bonds. The molecule has 3 saturated carbocycles. The predicted molar refractivity (Wildman–Crippen MR) is 128 cm³/mol. The summed E-state index contributed by atoms with van der Waals surface area (Å²) in [5.74, 6) is 2.04. The van der Waals surface area contributed by atoms with Gasteiger partial charge < -0.3 is 25.6 Å². The molecule has 176 valence electrons. The minimum atomic E-state index is -0.0450. The Hall–Kier alpha value is -1.93. The number of fused-ring (bicyclic) bond motifs is 1. The Balaban J connectivity index is 1.47. The SMILES string of the molecule is NC1CCC(Nc2nc(N(CO)CC3CCCCC3)c3ncn(C4CCCC4)c3n2)CC1. The van der Waals surface area contributed by atoms with Crippen LogP contribution in [0.2, 0.25) is 0 Å². The van der Waals surface area contributed by atoms with Crippen molar-refractivity contribution in [3.05, 3.63) is 6.33 Å². The molecular weight excluding hydrogens is 402 g/mol. The van der Waals surface area contributed by atoms with E-state index in [0.29, 0.717) is 30.0 Å². The molecule has 32 heavy (non-hydrogen) atoms. The van der Waals surface area contributed by atoms with Crippen molar-refractivity contribution >= 4 is 22.9 Å². The highest BCUT2D eigenvalue weighted by molar-refractivity contribution is 5.85. The van der Waals surface area contributed by atoms with Gasteiger partial charge >= 0.3 is 0 Å². The van der Waals surface area contributed by atoms with E-state index in [1.54, 1.807) is 0 Å². The molecule has 0 atom stereocenters. The van der Waals surface area contributed by atoms with E-state index in [-0.39, 0.29) is 6.73 Å². The number of nitrogens with zero attached hydrogens (tertiary/aromatic N) is 5. The Morgan fingerprint density at radius 3 is 2.41 bits per heavy atom. The van der Waals surface area contributed by atoms with Crippen molar-refractivity contribution in [3.63, 3.8) is 0 Å². The number of aliphatic hydroxyl groups is 1. The van der Waals surface area contributed by atoms with Gasteiger partial charge in [0.25, 0.3) is 0 Å². The summed E-state index contributed by atoms with van der Waals surface area (Å²) in [7, 11) is 0. The number of nitrogens with one attached hydrogen (secondary N) is 1. The average Bonchev–Trinajstić information content (AvgIpc) is 3.49. The molecule has 4 N–H and O–H groups in total. The largest absolute Gasteiger partial charge is 0.376 e. The molecule has 3 fully saturated rings. The van der Waals surface area contributed by atoms with Gasteiger partial charge in [-0.1, -0.05) is 32.1 Å². The van der Waals surface area contributed by atoms with Crippen molar-refractivity contribution in [1.82, 2.24) is 19.5 Å². The van der Waals surface area contributed by atoms with E-state index < -0.39 is 0 Å². The lowest BCUT2D eigenvalue weighted by atomic mass is 9.89. The third-order valence-corrected chi connectivity index (χ3v) is 7.90. The zero-order valence-electron chi connectivity index (χ0n) is 19.3. The second-order valence-electron chi connectivity index (χ2n) is 10.3. The zero-order chi connectivity index (χ0) is 21.9. The van der Waals surface area contributed by atoms with Gasteiger partial charge in [0.1, 0.15) is 6.73 Å². The Morgan fingerprint density at radius 2 is 1.69 bits per heavy atom. The third-order valence-electron chi connectivity index (χ3n) is 7.90. The number of nitrogens with two attached hydrogens (primary N) is 1. The van der Waals surface area contributed by atoms with Crippen LogP contribution in [0.3, 0.4) is 0 Å². The van der Waals surface area contributed by atoms with Gasteiger partial charge in [0.2, 0.25) is 5.95 Å². The topological polar surface area (TPSA) is 105 Å². The summed E-state index contributed by atoms with van der Waals surface area (Å²) in [4.78, 5) is 16.7. The summed E-state index contributed by atoms with van der Waals surface area (Å²) < 4.78 is 2.26. The van der Waals surface area contributed by atoms with Crippen molar-refractivity contribution in [2.24, 2.45) is 11.7 Å². The summed E-state index contributed by atoms with van der Waals surface area (Å²) in [5.41, 5.74) is 7.83. The molecular formula is C24H39N7O. The van der Waals surface area contributed by atoms with E-state index in [4.69, 9.17) is 20.7 Å².